The predicted molar refractivity (Wildman–Crippen MR) is 194 cm³/mol. The van der Waals surface area contributed by atoms with E-state index in [9.17, 15) is 19.1 Å². The van der Waals surface area contributed by atoms with E-state index in [-0.39, 0.29) is 174 Å². The number of aliphatic carboxylic acids is 1. The zero-order valence-corrected chi connectivity index (χ0v) is 46.9. The largest absolute Gasteiger partial charge is 1.00 e. The summed E-state index contributed by atoms with van der Waals surface area (Å²) >= 11 is 4.25. The molecule has 13 nitrogen and oxygen atoms in total. The number of carboxylic acid groups (broad SMARTS) is 2. The number of carbonyl (C=O) groups is 3. The van der Waals surface area contributed by atoms with Crippen molar-refractivity contribution in [3.05, 3.63) is 66.7 Å². The number of carboxylic acids is 2. The summed E-state index contributed by atoms with van der Waals surface area (Å²) in [6, 6.07) is 7.17. The van der Waals surface area contributed by atoms with Crippen LogP contribution in [0.3, 0.4) is 0 Å². The number of aromatic nitrogens is 4. The van der Waals surface area contributed by atoms with Crippen LogP contribution in [0.5, 0.6) is 0 Å². The predicted octanol–water partition coefficient (Wildman–Crippen LogP) is -0.817. The van der Waals surface area contributed by atoms with Crippen molar-refractivity contribution in [1.29, 1.82) is 0 Å². The molecular formula is C33H41Cs2FI2N6O7. The Labute approximate surface area is 443 Å². The minimum atomic E-state index is -0.965. The standard InChI is InChI=1S/C16H18IN3O2.C11H18N2O2.C5H3FIN.CH2O3.2Cs.H/c1-9-6-11-12(8-16(9,2)3)20(19-14(11)15(21)22)13-7-10(17)4-5-18-13;1-6-4-7-8(5-11(6,2)3)12-13-9(7)10(14)15;6-5-3-4(7)1-2-8-5;2-1-4-3;;;/h4-5,7,9H,6,8H2,1-3H3,(H,21,22);6-8,12H,4-5H2,1-3H3,(H,14,15);1-3H;1,3H;;;/q;;;;2*+1;-1/p-1. The van der Waals surface area contributed by atoms with Crippen molar-refractivity contribution in [3.63, 3.8) is 0 Å². The summed E-state index contributed by atoms with van der Waals surface area (Å²) in [6.45, 7) is 13.1. The van der Waals surface area contributed by atoms with Crippen LogP contribution >= 0.6 is 45.2 Å². The average Bonchev–Trinajstić information content (AvgIpc) is 3.58. The van der Waals surface area contributed by atoms with Crippen LogP contribution in [0.2, 0.25) is 0 Å². The molecule has 3 N–H and O–H groups in total. The van der Waals surface area contributed by atoms with E-state index in [1.165, 1.54) is 12.3 Å². The molecular weight excluding hydrogens is 1130 g/mol. The number of halogens is 3. The van der Waals surface area contributed by atoms with Crippen molar-refractivity contribution in [2.75, 3.05) is 0 Å². The van der Waals surface area contributed by atoms with Crippen LogP contribution in [-0.4, -0.2) is 60.1 Å². The second-order valence-electron chi connectivity index (χ2n) is 13.6. The number of nitrogens with zero attached hydrogens (tertiary/aromatic N) is 5. The zero-order chi connectivity index (χ0) is 36.7. The third kappa shape index (κ3) is 14.1. The molecule has 4 atom stereocenters. The maximum atomic E-state index is 12.1. The minimum absolute atomic E-state index is 0. The van der Waals surface area contributed by atoms with E-state index in [0.717, 1.165) is 44.1 Å². The van der Waals surface area contributed by atoms with Gasteiger partial charge in [-0.15, -0.1) is 0 Å². The monoisotopic (exact) mass is 1170 g/mol. The number of carbonyl (C=O) groups excluding carboxylic acids is 1. The first kappa shape index (κ1) is 49.9. The Morgan fingerprint density at radius 3 is 2.12 bits per heavy atom. The first-order chi connectivity index (χ1) is 22.9. The molecule has 0 aromatic carbocycles. The van der Waals surface area contributed by atoms with E-state index >= 15 is 0 Å². The number of aromatic carboxylic acids is 1. The summed E-state index contributed by atoms with van der Waals surface area (Å²) in [5, 5.41) is 35.2. The molecule has 3 aromatic heterocycles. The average molecular weight is 1170 g/mol. The minimum Gasteiger partial charge on any atom is -1.00 e. The zero-order valence-electron chi connectivity index (χ0n) is 31.0. The van der Waals surface area contributed by atoms with Crippen molar-refractivity contribution in [3.8, 4) is 5.82 Å². The molecule has 0 radical (unpaired) electrons. The van der Waals surface area contributed by atoms with Gasteiger partial charge in [0.25, 0.3) is 6.47 Å². The number of pyridine rings is 2. The summed E-state index contributed by atoms with van der Waals surface area (Å²) in [7, 11) is 0. The maximum Gasteiger partial charge on any atom is 1.00 e. The van der Waals surface area contributed by atoms with Crippen molar-refractivity contribution < 1.29 is 178 Å². The molecule has 0 saturated heterocycles. The molecule has 4 unspecified atom stereocenters. The van der Waals surface area contributed by atoms with E-state index < -0.39 is 17.9 Å². The van der Waals surface area contributed by atoms with Crippen molar-refractivity contribution in [2.24, 2.45) is 33.7 Å². The molecule has 4 heterocycles. The van der Waals surface area contributed by atoms with Gasteiger partial charge in [-0.05, 0) is 112 Å². The van der Waals surface area contributed by atoms with Crippen molar-refractivity contribution in [1.82, 2.24) is 25.2 Å². The van der Waals surface area contributed by atoms with E-state index in [1.54, 1.807) is 16.9 Å². The Hall–Kier alpha value is 0.844. The Morgan fingerprint density at radius 2 is 1.63 bits per heavy atom. The van der Waals surface area contributed by atoms with Crippen LogP contribution in [0, 0.1) is 41.7 Å². The van der Waals surface area contributed by atoms with Gasteiger partial charge in [0.05, 0.1) is 11.7 Å². The van der Waals surface area contributed by atoms with Gasteiger partial charge in [-0.2, -0.15) is 14.6 Å². The molecule has 0 spiro atoms. The first-order valence-corrected chi connectivity index (χ1v) is 17.6. The molecule has 0 bridgehead atoms. The maximum absolute atomic E-state index is 12.1. The van der Waals surface area contributed by atoms with Gasteiger partial charge < -0.3 is 27.2 Å². The molecule has 1 fully saturated rings. The molecule has 0 amide bonds. The number of hydrogen-bond acceptors (Lipinski definition) is 10. The molecule has 3 aromatic rings. The van der Waals surface area contributed by atoms with Crippen molar-refractivity contribution in [2.45, 2.75) is 73.3 Å². The molecule has 1 saturated carbocycles. The Bertz CT molecular complexity index is 1680. The van der Waals surface area contributed by atoms with Crippen molar-refractivity contribution >= 4 is 69.3 Å². The quantitative estimate of drug-likeness (QED) is 0.0974. The summed E-state index contributed by atoms with van der Waals surface area (Å²) in [5.74, 6) is -0.513. The van der Waals surface area contributed by atoms with Gasteiger partial charge >= 0.3 is 150 Å². The van der Waals surface area contributed by atoms with Gasteiger partial charge in [0.2, 0.25) is 5.95 Å². The fourth-order valence-corrected chi connectivity index (χ4v) is 6.83. The van der Waals surface area contributed by atoms with Gasteiger partial charge in [-0.3, -0.25) is 4.79 Å². The van der Waals surface area contributed by atoms with Gasteiger partial charge in [0.15, 0.2) is 11.5 Å². The molecule has 3 aliphatic rings. The van der Waals surface area contributed by atoms with E-state index in [4.69, 9.17) is 15.2 Å². The number of hydrogen-bond donors (Lipinski definition) is 3. The van der Waals surface area contributed by atoms with Gasteiger partial charge in [-0.1, -0.05) is 41.5 Å². The number of fused-ring (bicyclic) bond motifs is 2. The topological polar surface area (TPSA) is 192 Å². The Balaban J connectivity index is 0.000000753. The van der Waals surface area contributed by atoms with E-state index in [0.29, 0.717) is 23.4 Å². The van der Waals surface area contributed by atoms with Crippen LogP contribution in [0.25, 0.3) is 5.82 Å². The number of hydrazone groups is 1. The summed E-state index contributed by atoms with van der Waals surface area (Å²) < 4.78 is 15.7. The second kappa shape index (κ2) is 22.6. The summed E-state index contributed by atoms with van der Waals surface area (Å²) in [4.78, 5) is 41.5. The van der Waals surface area contributed by atoms with Gasteiger partial charge in [-0.25, -0.2) is 24.2 Å². The molecule has 18 heteroatoms. The molecule has 51 heavy (non-hydrogen) atoms. The molecule has 1 aliphatic heterocycles. The first-order valence-electron chi connectivity index (χ1n) is 15.4. The third-order valence-electron chi connectivity index (χ3n) is 9.51. The van der Waals surface area contributed by atoms with Crippen LogP contribution in [0.15, 0.2) is 41.8 Å². The molecule has 268 valence electrons. The smallest absolute Gasteiger partial charge is 1.00 e. The SMILES string of the molecule is CC1CC2C(C(=O)O)=NNC2CC1(C)C.CC1Cc2c(C(=O)O)nn(-c3cc(I)ccn3)c2CC1(C)C.Fc1cc(I)ccn1.O=CO[O-].[Cs+].[Cs+].[H-]. The van der Waals surface area contributed by atoms with Crippen LogP contribution < -0.4 is 148 Å². The summed E-state index contributed by atoms with van der Waals surface area (Å²) in [5.41, 5.74) is 5.69. The Kier molecular flexibility index (Phi) is 22.0. The number of rotatable bonds is 4. The number of nitrogens with one attached hydrogen (secondary N) is 1. The van der Waals surface area contributed by atoms with Crippen LogP contribution in [0.4, 0.5) is 4.39 Å². The normalized spacial score (nSPS) is 21.5. The van der Waals surface area contributed by atoms with Crippen LogP contribution in [0.1, 0.15) is 77.6 Å². The molecule has 2 aliphatic carbocycles. The fourth-order valence-electron chi connectivity index (χ4n) is 5.97. The molecule has 6 rings (SSSR count). The van der Waals surface area contributed by atoms with E-state index in [2.05, 4.69) is 94.6 Å². The van der Waals surface area contributed by atoms with E-state index in [1.807, 2.05) is 34.7 Å². The van der Waals surface area contributed by atoms with Crippen LogP contribution in [-0.2, 0) is 27.3 Å². The second-order valence-corrected chi connectivity index (χ2v) is 16.0. The van der Waals surface area contributed by atoms with Gasteiger partial charge in [0.1, 0.15) is 5.71 Å². The fraction of sp³-hybridized carbons (Fsp3) is 0.485. The Morgan fingerprint density at radius 1 is 1.04 bits per heavy atom. The third-order valence-corrected chi connectivity index (χ3v) is 10.8. The van der Waals surface area contributed by atoms with Gasteiger partial charge in [0, 0.05) is 37.1 Å². The summed E-state index contributed by atoms with van der Waals surface area (Å²) in [6.07, 6.45) is 6.64.